The maximum atomic E-state index is 4.56. The standard InChI is InChI=1S/C15H19N3S/c1-10-8-11(2)18-14(9-10)19-15-13(12(3)16-4)6-5-7-17-15/h5-9,12,16H,1-4H3. The Morgan fingerprint density at radius 2 is 2.05 bits per heavy atom. The van der Waals surface area contributed by atoms with E-state index >= 15 is 0 Å². The molecule has 4 heteroatoms. The van der Waals surface area contributed by atoms with E-state index in [2.05, 4.69) is 47.3 Å². The summed E-state index contributed by atoms with van der Waals surface area (Å²) in [6, 6.07) is 8.54. The van der Waals surface area contributed by atoms with Crippen LogP contribution in [0.5, 0.6) is 0 Å². The molecule has 1 atom stereocenters. The largest absolute Gasteiger partial charge is 0.313 e. The predicted molar refractivity (Wildman–Crippen MR) is 79.5 cm³/mol. The van der Waals surface area contributed by atoms with E-state index in [0.29, 0.717) is 0 Å². The van der Waals surface area contributed by atoms with Crippen molar-refractivity contribution in [1.29, 1.82) is 0 Å². The lowest BCUT2D eigenvalue weighted by atomic mass is 10.1. The normalized spacial score (nSPS) is 12.4. The van der Waals surface area contributed by atoms with Crippen molar-refractivity contribution in [2.45, 2.75) is 36.9 Å². The van der Waals surface area contributed by atoms with Gasteiger partial charge in [0, 0.05) is 23.5 Å². The first-order chi connectivity index (χ1) is 9.10. The van der Waals surface area contributed by atoms with E-state index in [1.165, 1.54) is 11.1 Å². The molecule has 0 aromatic carbocycles. The van der Waals surface area contributed by atoms with Gasteiger partial charge in [-0.05, 0) is 63.3 Å². The summed E-state index contributed by atoms with van der Waals surface area (Å²) in [5.74, 6) is 0. The van der Waals surface area contributed by atoms with E-state index in [-0.39, 0.29) is 6.04 Å². The maximum absolute atomic E-state index is 4.56. The van der Waals surface area contributed by atoms with Crippen LogP contribution in [-0.2, 0) is 0 Å². The van der Waals surface area contributed by atoms with Crippen LogP contribution in [0.3, 0.4) is 0 Å². The van der Waals surface area contributed by atoms with Gasteiger partial charge in [0.1, 0.15) is 10.1 Å². The SMILES string of the molecule is CNC(C)c1cccnc1Sc1cc(C)cc(C)n1. The first kappa shape index (κ1) is 14.0. The number of nitrogens with one attached hydrogen (secondary N) is 1. The van der Waals surface area contributed by atoms with Crippen LogP contribution in [0.15, 0.2) is 40.5 Å². The van der Waals surface area contributed by atoms with E-state index < -0.39 is 0 Å². The molecule has 0 saturated carbocycles. The summed E-state index contributed by atoms with van der Waals surface area (Å²) < 4.78 is 0. The van der Waals surface area contributed by atoms with Crippen LogP contribution in [0.1, 0.15) is 29.8 Å². The molecule has 0 radical (unpaired) electrons. The van der Waals surface area contributed by atoms with Gasteiger partial charge in [0.15, 0.2) is 0 Å². The molecule has 1 N–H and O–H groups in total. The smallest absolute Gasteiger partial charge is 0.107 e. The summed E-state index contributed by atoms with van der Waals surface area (Å²) in [5, 5.41) is 5.27. The fraction of sp³-hybridized carbons (Fsp3) is 0.333. The summed E-state index contributed by atoms with van der Waals surface area (Å²) in [5.41, 5.74) is 3.48. The predicted octanol–water partition coefficient (Wildman–Crippen LogP) is 3.53. The first-order valence-electron chi connectivity index (χ1n) is 6.35. The maximum Gasteiger partial charge on any atom is 0.107 e. The second kappa shape index (κ2) is 6.17. The van der Waals surface area contributed by atoms with Gasteiger partial charge in [-0.25, -0.2) is 9.97 Å². The molecule has 0 amide bonds. The summed E-state index contributed by atoms with van der Waals surface area (Å²) in [6.45, 7) is 6.25. The van der Waals surface area contributed by atoms with Gasteiger partial charge in [-0.2, -0.15) is 0 Å². The lowest BCUT2D eigenvalue weighted by molar-refractivity contribution is 0.634. The molecular weight excluding hydrogens is 254 g/mol. The molecule has 2 rings (SSSR count). The highest BCUT2D eigenvalue weighted by Crippen LogP contribution is 2.30. The molecule has 1 unspecified atom stereocenters. The zero-order valence-electron chi connectivity index (χ0n) is 11.8. The zero-order valence-corrected chi connectivity index (χ0v) is 12.6. The third-order valence-electron chi connectivity index (χ3n) is 2.98. The van der Waals surface area contributed by atoms with Crippen molar-refractivity contribution in [1.82, 2.24) is 15.3 Å². The van der Waals surface area contributed by atoms with Gasteiger partial charge < -0.3 is 5.32 Å². The van der Waals surface area contributed by atoms with Gasteiger partial charge in [-0.15, -0.1) is 0 Å². The Morgan fingerprint density at radius 3 is 2.74 bits per heavy atom. The number of pyridine rings is 2. The minimum absolute atomic E-state index is 0.280. The lowest BCUT2D eigenvalue weighted by Crippen LogP contribution is -2.13. The molecule has 3 nitrogen and oxygen atoms in total. The molecule has 0 spiro atoms. The van der Waals surface area contributed by atoms with Crippen molar-refractivity contribution in [2.75, 3.05) is 7.05 Å². The van der Waals surface area contributed by atoms with Crippen LogP contribution < -0.4 is 5.32 Å². The van der Waals surface area contributed by atoms with E-state index in [1.54, 1.807) is 11.8 Å². The zero-order chi connectivity index (χ0) is 13.8. The number of hydrogen-bond donors (Lipinski definition) is 1. The number of aromatic nitrogens is 2. The molecule has 2 heterocycles. The minimum Gasteiger partial charge on any atom is -0.313 e. The highest BCUT2D eigenvalue weighted by Gasteiger charge is 2.11. The van der Waals surface area contributed by atoms with Gasteiger partial charge in [0.2, 0.25) is 0 Å². The van der Waals surface area contributed by atoms with Gasteiger partial charge in [0.25, 0.3) is 0 Å². The van der Waals surface area contributed by atoms with Crippen molar-refractivity contribution >= 4 is 11.8 Å². The molecule has 0 aliphatic carbocycles. The Balaban J connectivity index is 2.32. The van der Waals surface area contributed by atoms with Crippen LogP contribution in [0.2, 0.25) is 0 Å². The molecule has 2 aromatic rings. The minimum atomic E-state index is 0.280. The highest BCUT2D eigenvalue weighted by atomic mass is 32.2. The van der Waals surface area contributed by atoms with Crippen LogP contribution in [0.25, 0.3) is 0 Å². The van der Waals surface area contributed by atoms with Crippen molar-refractivity contribution in [3.63, 3.8) is 0 Å². The van der Waals surface area contributed by atoms with E-state index in [1.807, 2.05) is 26.2 Å². The summed E-state index contributed by atoms with van der Waals surface area (Å²) >= 11 is 1.62. The Labute approximate surface area is 118 Å². The van der Waals surface area contributed by atoms with Gasteiger partial charge >= 0.3 is 0 Å². The molecular formula is C15H19N3S. The van der Waals surface area contributed by atoms with Crippen LogP contribution >= 0.6 is 11.8 Å². The Hall–Kier alpha value is -1.39. The topological polar surface area (TPSA) is 37.8 Å². The molecule has 0 aliphatic rings. The molecule has 0 fully saturated rings. The molecule has 0 saturated heterocycles. The Morgan fingerprint density at radius 1 is 1.26 bits per heavy atom. The lowest BCUT2D eigenvalue weighted by Gasteiger charge is -2.14. The summed E-state index contributed by atoms with van der Waals surface area (Å²) in [7, 11) is 1.96. The number of nitrogens with zero attached hydrogens (tertiary/aromatic N) is 2. The molecule has 100 valence electrons. The van der Waals surface area contributed by atoms with Crippen LogP contribution in [-0.4, -0.2) is 17.0 Å². The van der Waals surface area contributed by atoms with Crippen LogP contribution in [0, 0.1) is 13.8 Å². The molecule has 19 heavy (non-hydrogen) atoms. The monoisotopic (exact) mass is 273 g/mol. The van der Waals surface area contributed by atoms with E-state index in [0.717, 1.165) is 15.7 Å². The quantitative estimate of drug-likeness (QED) is 0.925. The molecule has 2 aromatic heterocycles. The second-order valence-electron chi connectivity index (χ2n) is 4.63. The van der Waals surface area contributed by atoms with Gasteiger partial charge in [0.05, 0.1) is 0 Å². The van der Waals surface area contributed by atoms with E-state index in [9.17, 15) is 0 Å². The first-order valence-corrected chi connectivity index (χ1v) is 7.17. The van der Waals surface area contributed by atoms with Crippen molar-refractivity contribution < 1.29 is 0 Å². The van der Waals surface area contributed by atoms with Crippen LogP contribution in [0.4, 0.5) is 0 Å². The Kier molecular flexibility index (Phi) is 4.56. The number of hydrogen-bond acceptors (Lipinski definition) is 4. The number of rotatable bonds is 4. The molecule has 0 aliphatic heterocycles. The molecule has 0 bridgehead atoms. The van der Waals surface area contributed by atoms with E-state index in [4.69, 9.17) is 0 Å². The Bertz CT molecular complexity index is 549. The van der Waals surface area contributed by atoms with Gasteiger partial charge in [-0.3, -0.25) is 0 Å². The summed E-state index contributed by atoms with van der Waals surface area (Å²) in [6.07, 6.45) is 1.83. The highest BCUT2D eigenvalue weighted by molar-refractivity contribution is 7.99. The van der Waals surface area contributed by atoms with Crippen molar-refractivity contribution in [3.05, 3.63) is 47.3 Å². The average molecular weight is 273 g/mol. The summed E-state index contributed by atoms with van der Waals surface area (Å²) in [4.78, 5) is 9.04. The van der Waals surface area contributed by atoms with Crippen molar-refractivity contribution in [2.24, 2.45) is 0 Å². The van der Waals surface area contributed by atoms with Gasteiger partial charge in [-0.1, -0.05) is 6.07 Å². The fourth-order valence-electron chi connectivity index (χ4n) is 1.93. The third-order valence-corrected chi connectivity index (χ3v) is 3.93. The number of aryl methyl sites for hydroxylation is 2. The average Bonchev–Trinajstić information content (AvgIpc) is 2.37. The second-order valence-corrected chi connectivity index (χ2v) is 5.64. The fourth-order valence-corrected chi connectivity index (χ4v) is 3.04. The third kappa shape index (κ3) is 3.55. The van der Waals surface area contributed by atoms with Crippen molar-refractivity contribution in [3.8, 4) is 0 Å².